The molecule has 1 rings (SSSR count). The third kappa shape index (κ3) is 4.55. The van der Waals surface area contributed by atoms with E-state index in [4.69, 9.17) is 9.47 Å². The van der Waals surface area contributed by atoms with Crippen molar-refractivity contribution < 1.29 is 28.9 Å². The Morgan fingerprint density at radius 1 is 1.19 bits per heavy atom. The molecular weight excluding hydrogens is 278 g/mol. The number of aromatic hydroxyl groups is 1. The number of phenolic OH excluding ortho intramolecular Hbond substituents is 1. The SMILES string of the molecule is COC(=O)c1cc(NC(=O)OC(C)(C)C)c(O)c(OC)c1. The predicted molar refractivity (Wildman–Crippen MR) is 75.9 cm³/mol. The normalized spacial score (nSPS) is 10.7. The smallest absolute Gasteiger partial charge is 0.412 e. The van der Waals surface area contributed by atoms with Crippen LogP contribution in [-0.4, -0.2) is 37.0 Å². The maximum atomic E-state index is 11.7. The van der Waals surface area contributed by atoms with Crippen LogP contribution in [-0.2, 0) is 9.47 Å². The average molecular weight is 297 g/mol. The van der Waals surface area contributed by atoms with E-state index in [0.29, 0.717) is 0 Å². The number of ether oxygens (including phenoxy) is 3. The van der Waals surface area contributed by atoms with Gasteiger partial charge in [-0.2, -0.15) is 0 Å². The number of amides is 1. The van der Waals surface area contributed by atoms with Crippen LogP contribution in [0.3, 0.4) is 0 Å². The second-order valence-electron chi connectivity index (χ2n) is 5.19. The van der Waals surface area contributed by atoms with Gasteiger partial charge in [0, 0.05) is 0 Å². The Bertz CT molecular complexity index is 547. The van der Waals surface area contributed by atoms with Crippen LogP contribution in [0.15, 0.2) is 12.1 Å². The van der Waals surface area contributed by atoms with E-state index in [-0.39, 0.29) is 22.7 Å². The minimum Gasteiger partial charge on any atom is -0.503 e. The highest BCUT2D eigenvalue weighted by atomic mass is 16.6. The topological polar surface area (TPSA) is 94.1 Å². The first-order chi connectivity index (χ1) is 9.67. The summed E-state index contributed by atoms with van der Waals surface area (Å²) in [5.41, 5.74) is -0.578. The molecule has 2 N–H and O–H groups in total. The lowest BCUT2D eigenvalue weighted by atomic mass is 10.1. The summed E-state index contributed by atoms with van der Waals surface area (Å²) in [5, 5.41) is 12.3. The third-order valence-corrected chi connectivity index (χ3v) is 2.35. The molecule has 0 radical (unpaired) electrons. The van der Waals surface area contributed by atoms with E-state index >= 15 is 0 Å². The van der Waals surface area contributed by atoms with E-state index < -0.39 is 17.7 Å². The van der Waals surface area contributed by atoms with Gasteiger partial charge in [-0.05, 0) is 32.9 Å². The van der Waals surface area contributed by atoms with E-state index in [1.165, 1.54) is 26.4 Å². The van der Waals surface area contributed by atoms with Crippen LogP contribution in [0.1, 0.15) is 31.1 Å². The van der Waals surface area contributed by atoms with Crippen LogP contribution in [0.2, 0.25) is 0 Å². The molecule has 0 aliphatic carbocycles. The maximum absolute atomic E-state index is 11.7. The molecule has 0 aliphatic heterocycles. The van der Waals surface area contributed by atoms with Gasteiger partial charge >= 0.3 is 12.1 Å². The highest BCUT2D eigenvalue weighted by Crippen LogP contribution is 2.36. The molecule has 0 fully saturated rings. The van der Waals surface area contributed by atoms with Gasteiger partial charge in [0.2, 0.25) is 0 Å². The molecule has 0 bridgehead atoms. The van der Waals surface area contributed by atoms with Gasteiger partial charge in [0.25, 0.3) is 0 Å². The Morgan fingerprint density at radius 2 is 1.81 bits per heavy atom. The van der Waals surface area contributed by atoms with Crippen molar-refractivity contribution >= 4 is 17.7 Å². The molecule has 7 heteroatoms. The van der Waals surface area contributed by atoms with Gasteiger partial charge in [0.15, 0.2) is 11.5 Å². The van der Waals surface area contributed by atoms with E-state index in [1.54, 1.807) is 20.8 Å². The zero-order valence-electron chi connectivity index (χ0n) is 12.6. The average Bonchev–Trinajstić information content (AvgIpc) is 2.37. The molecule has 0 heterocycles. The standard InChI is InChI=1S/C14H19NO6/c1-14(2,3)21-13(18)15-9-6-8(12(17)20-5)7-10(19-4)11(9)16/h6-7,16H,1-5H3,(H,15,18). The zero-order chi connectivity index (χ0) is 16.2. The molecule has 1 amide bonds. The summed E-state index contributed by atoms with van der Waals surface area (Å²) in [7, 11) is 2.55. The molecule has 0 unspecified atom stereocenters. The number of anilines is 1. The number of hydrogen-bond acceptors (Lipinski definition) is 6. The highest BCUT2D eigenvalue weighted by Gasteiger charge is 2.20. The summed E-state index contributed by atoms with van der Waals surface area (Å²) in [5.74, 6) is -0.902. The van der Waals surface area contributed by atoms with E-state index in [2.05, 4.69) is 10.1 Å². The molecule has 7 nitrogen and oxygen atoms in total. The number of phenols is 1. The zero-order valence-corrected chi connectivity index (χ0v) is 12.6. The second kappa shape index (κ2) is 6.34. The van der Waals surface area contributed by atoms with Gasteiger partial charge in [-0.3, -0.25) is 5.32 Å². The lowest BCUT2D eigenvalue weighted by molar-refractivity contribution is 0.0595. The molecule has 1 aromatic carbocycles. The summed E-state index contributed by atoms with van der Waals surface area (Å²) < 4.78 is 14.6. The number of methoxy groups -OCH3 is 2. The summed E-state index contributed by atoms with van der Waals surface area (Å²) in [6.45, 7) is 5.12. The monoisotopic (exact) mass is 297 g/mol. The fourth-order valence-electron chi connectivity index (χ4n) is 1.51. The third-order valence-electron chi connectivity index (χ3n) is 2.35. The van der Waals surface area contributed by atoms with Crippen molar-refractivity contribution in [2.24, 2.45) is 0 Å². The van der Waals surface area contributed by atoms with Gasteiger partial charge in [-0.25, -0.2) is 9.59 Å². The van der Waals surface area contributed by atoms with Crippen molar-refractivity contribution in [2.75, 3.05) is 19.5 Å². The van der Waals surface area contributed by atoms with Crippen LogP contribution in [0.4, 0.5) is 10.5 Å². The minimum atomic E-state index is -0.762. The van der Waals surface area contributed by atoms with Crippen LogP contribution < -0.4 is 10.1 Å². The lowest BCUT2D eigenvalue weighted by Gasteiger charge is -2.20. The Kier molecular flexibility index (Phi) is 5.02. The minimum absolute atomic E-state index is 0.0102. The van der Waals surface area contributed by atoms with Gasteiger partial charge in [0.05, 0.1) is 25.5 Å². The Balaban J connectivity index is 3.10. The second-order valence-corrected chi connectivity index (χ2v) is 5.19. The predicted octanol–water partition coefficient (Wildman–Crippen LogP) is 2.53. The quantitative estimate of drug-likeness (QED) is 0.657. The first-order valence-corrected chi connectivity index (χ1v) is 6.17. The molecule has 1 aromatic rings. The van der Waals surface area contributed by atoms with Crippen LogP contribution in [0, 0.1) is 0 Å². The molecule has 0 aromatic heterocycles. The van der Waals surface area contributed by atoms with Crippen molar-refractivity contribution in [2.45, 2.75) is 26.4 Å². The van der Waals surface area contributed by atoms with Crippen LogP contribution >= 0.6 is 0 Å². The van der Waals surface area contributed by atoms with Gasteiger partial charge in [0.1, 0.15) is 5.60 Å². The molecular formula is C14H19NO6. The Labute approximate surface area is 122 Å². The lowest BCUT2D eigenvalue weighted by Crippen LogP contribution is -2.27. The highest BCUT2D eigenvalue weighted by molar-refractivity contribution is 5.95. The van der Waals surface area contributed by atoms with Crippen molar-refractivity contribution in [1.82, 2.24) is 0 Å². The summed E-state index contributed by atoms with van der Waals surface area (Å²) in [6.07, 6.45) is -0.762. The van der Waals surface area contributed by atoms with Gasteiger partial charge < -0.3 is 19.3 Å². The van der Waals surface area contributed by atoms with Crippen molar-refractivity contribution in [1.29, 1.82) is 0 Å². The number of hydrogen-bond donors (Lipinski definition) is 2. The number of carbonyl (C=O) groups excluding carboxylic acids is 2. The van der Waals surface area contributed by atoms with Crippen molar-refractivity contribution in [3.05, 3.63) is 17.7 Å². The first kappa shape index (κ1) is 16.6. The largest absolute Gasteiger partial charge is 0.503 e. The Morgan fingerprint density at radius 3 is 2.29 bits per heavy atom. The van der Waals surface area contributed by atoms with Crippen LogP contribution in [0.5, 0.6) is 11.5 Å². The Hall–Kier alpha value is -2.44. The number of benzene rings is 1. The molecule has 0 aliphatic rings. The number of esters is 1. The van der Waals surface area contributed by atoms with E-state index in [0.717, 1.165) is 0 Å². The van der Waals surface area contributed by atoms with E-state index in [1.807, 2.05) is 0 Å². The fraction of sp³-hybridized carbons (Fsp3) is 0.429. The fourth-order valence-corrected chi connectivity index (χ4v) is 1.51. The van der Waals surface area contributed by atoms with Crippen molar-refractivity contribution in [3.63, 3.8) is 0 Å². The molecule has 0 atom stereocenters. The van der Waals surface area contributed by atoms with E-state index in [9.17, 15) is 14.7 Å². The van der Waals surface area contributed by atoms with Crippen molar-refractivity contribution in [3.8, 4) is 11.5 Å². The first-order valence-electron chi connectivity index (χ1n) is 6.17. The van der Waals surface area contributed by atoms with Gasteiger partial charge in [-0.15, -0.1) is 0 Å². The number of carbonyl (C=O) groups is 2. The molecule has 116 valence electrons. The maximum Gasteiger partial charge on any atom is 0.412 e. The molecule has 0 saturated heterocycles. The molecule has 0 spiro atoms. The summed E-state index contributed by atoms with van der Waals surface area (Å²) in [6, 6.07) is 2.58. The van der Waals surface area contributed by atoms with Crippen LogP contribution in [0.25, 0.3) is 0 Å². The summed E-state index contributed by atoms with van der Waals surface area (Å²) >= 11 is 0. The number of rotatable bonds is 3. The number of nitrogens with one attached hydrogen (secondary N) is 1. The summed E-state index contributed by atoms with van der Waals surface area (Å²) in [4.78, 5) is 23.3. The molecule has 21 heavy (non-hydrogen) atoms. The van der Waals surface area contributed by atoms with Gasteiger partial charge in [-0.1, -0.05) is 0 Å². The molecule has 0 saturated carbocycles.